The molecule has 47 heavy (non-hydrogen) atoms. The summed E-state index contributed by atoms with van der Waals surface area (Å²) in [6.07, 6.45) is 33.1. The van der Waals surface area contributed by atoms with Crippen molar-refractivity contribution in [2.24, 2.45) is 0 Å². The number of aliphatic carboxylic acids is 1. The summed E-state index contributed by atoms with van der Waals surface area (Å²) in [5.74, 6) is -1.55. The summed E-state index contributed by atoms with van der Waals surface area (Å²) >= 11 is 0. The highest BCUT2D eigenvalue weighted by atomic mass is 16.6. The predicted molar refractivity (Wildman–Crippen MR) is 192 cm³/mol. The van der Waals surface area contributed by atoms with E-state index in [-0.39, 0.29) is 36.2 Å². The van der Waals surface area contributed by atoms with E-state index < -0.39 is 18.1 Å². The molecule has 0 aromatic carbocycles. The van der Waals surface area contributed by atoms with E-state index in [1.54, 1.807) is 0 Å². The second-order valence-electron chi connectivity index (χ2n) is 13.1. The molecule has 1 N–H and O–H groups in total. The molecule has 0 aromatic heterocycles. The molecule has 0 fully saturated rings. The number of nitrogens with zero attached hydrogens (tertiary/aromatic N) is 1. The summed E-state index contributed by atoms with van der Waals surface area (Å²) < 4.78 is 17.1. The molecule has 0 bridgehead atoms. The van der Waals surface area contributed by atoms with E-state index in [0.717, 1.165) is 64.2 Å². The molecule has 0 aliphatic rings. The maximum absolute atomic E-state index is 12.6. The van der Waals surface area contributed by atoms with E-state index in [0.29, 0.717) is 25.7 Å². The van der Waals surface area contributed by atoms with Crippen LogP contribution in [0.4, 0.5) is 0 Å². The van der Waals surface area contributed by atoms with Crippen LogP contribution in [0.5, 0.6) is 0 Å². The number of carbonyl (C=O) groups is 3. The first kappa shape index (κ1) is 44.3. The smallest absolute Gasteiger partial charge is 0.362 e. The quantitative estimate of drug-likeness (QED) is 0.0343. The van der Waals surface area contributed by atoms with E-state index in [9.17, 15) is 19.5 Å². The Hall–Kier alpha value is -2.71. The Morgan fingerprint density at radius 2 is 1.21 bits per heavy atom. The Morgan fingerprint density at radius 1 is 0.660 bits per heavy atom. The molecule has 2 unspecified atom stereocenters. The van der Waals surface area contributed by atoms with Gasteiger partial charge >= 0.3 is 17.9 Å². The third-order valence-corrected chi connectivity index (χ3v) is 7.71. The van der Waals surface area contributed by atoms with E-state index in [1.165, 1.54) is 25.7 Å². The molecule has 0 rings (SSSR count). The largest absolute Gasteiger partial charge is 0.477 e. The zero-order valence-corrected chi connectivity index (χ0v) is 30.5. The number of unbranched alkanes of at least 4 members (excludes halogenated alkanes) is 9. The Morgan fingerprint density at radius 3 is 1.83 bits per heavy atom. The highest BCUT2D eigenvalue weighted by Gasteiger charge is 2.31. The molecule has 0 amide bonds. The van der Waals surface area contributed by atoms with E-state index in [4.69, 9.17) is 14.2 Å². The number of quaternary nitrogens is 1. The minimum Gasteiger partial charge on any atom is -0.477 e. The van der Waals surface area contributed by atoms with Gasteiger partial charge in [-0.3, -0.25) is 9.59 Å². The van der Waals surface area contributed by atoms with Gasteiger partial charge in [0.15, 0.2) is 12.1 Å². The van der Waals surface area contributed by atoms with Crippen LogP contribution in [0.1, 0.15) is 129 Å². The molecule has 270 valence electrons. The molecule has 0 heterocycles. The summed E-state index contributed by atoms with van der Waals surface area (Å²) in [6.45, 7) is 4.50. The average molecular weight is 663 g/mol. The number of carbonyl (C=O) groups excluding carboxylic acids is 2. The first-order valence-electron chi connectivity index (χ1n) is 18.2. The van der Waals surface area contributed by atoms with Gasteiger partial charge in [-0.1, -0.05) is 94.6 Å². The molecule has 0 aromatic rings. The molecule has 8 nitrogen and oxygen atoms in total. The number of carboxylic acid groups (broad SMARTS) is 1. The number of rotatable bonds is 31. The Bertz CT molecular complexity index is 917. The highest BCUT2D eigenvalue weighted by Crippen LogP contribution is 2.11. The average Bonchev–Trinajstić information content (AvgIpc) is 3.01. The molecular formula is C39H68NO7+. The topological polar surface area (TPSA) is 99.1 Å². The normalized spacial score (nSPS) is 13.6. The number of allylic oxidation sites excluding steroid dienone is 8. The Kier molecular flexibility index (Phi) is 28.8. The third-order valence-electron chi connectivity index (χ3n) is 7.71. The van der Waals surface area contributed by atoms with Crippen molar-refractivity contribution < 1.29 is 38.2 Å². The van der Waals surface area contributed by atoms with Crippen LogP contribution in [0.2, 0.25) is 0 Å². The van der Waals surface area contributed by atoms with Gasteiger partial charge in [0.1, 0.15) is 6.61 Å². The van der Waals surface area contributed by atoms with Gasteiger partial charge in [0, 0.05) is 19.3 Å². The lowest BCUT2D eigenvalue weighted by Gasteiger charge is -2.31. The van der Waals surface area contributed by atoms with Crippen molar-refractivity contribution in [3.8, 4) is 0 Å². The fraction of sp³-hybridized carbons (Fsp3) is 0.718. The number of hydrogen-bond donors (Lipinski definition) is 1. The maximum atomic E-state index is 12.6. The summed E-state index contributed by atoms with van der Waals surface area (Å²) in [4.78, 5) is 36.6. The van der Waals surface area contributed by atoms with Crippen molar-refractivity contribution >= 4 is 17.9 Å². The van der Waals surface area contributed by atoms with Crippen LogP contribution < -0.4 is 0 Å². The molecular weight excluding hydrogens is 594 g/mol. The molecule has 0 radical (unpaired) electrons. The molecule has 0 saturated carbocycles. The lowest BCUT2D eigenvalue weighted by atomic mass is 10.1. The monoisotopic (exact) mass is 662 g/mol. The zero-order valence-electron chi connectivity index (χ0n) is 30.5. The third kappa shape index (κ3) is 29.2. The van der Waals surface area contributed by atoms with Crippen LogP contribution in [0.15, 0.2) is 48.6 Å². The van der Waals surface area contributed by atoms with Crippen LogP contribution in [0.25, 0.3) is 0 Å². The minimum atomic E-state index is -0.886. The standard InChI is InChI=1S/C39H67NO7/c1-6-8-10-12-14-16-17-18-19-20-22-24-26-28-30-38(42)47-35(33-45-32-31-36(39(43)44)40(3,4)5)34-46-37(41)29-27-25-23-21-15-13-11-9-7-2/h8,10,14,16,18-19,21,23,35-36H,6-7,9,11-13,15,17,20,22,24-34H2,1-5H3/p+1/b10-8+,16-14+,19-18+,23-21+. The molecule has 2 atom stereocenters. The fourth-order valence-corrected chi connectivity index (χ4v) is 4.87. The summed E-state index contributed by atoms with van der Waals surface area (Å²) in [7, 11) is 5.49. The van der Waals surface area contributed by atoms with Gasteiger partial charge in [0.05, 0.1) is 34.4 Å². The van der Waals surface area contributed by atoms with Gasteiger partial charge in [-0.05, 0) is 64.2 Å². The fourth-order valence-electron chi connectivity index (χ4n) is 4.87. The van der Waals surface area contributed by atoms with Crippen LogP contribution in [0, 0.1) is 0 Å². The molecule has 0 saturated heterocycles. The van der Waals surface area contributed by atoms with E-state index in [1.807, 2.05) is 21.1 Å². The van der Waals surface area contributed by atoms with Crippen molar-refractivity contribution in [3.63, 3.8) is 0 Å². The van der Waals surface area contributed by atoms with E-state index >= 15 is 0 Å². The van der Waals surface area contributed by atoms with Crippen molar-refractivity contribution in [2.75, 3.05) is 41.0 Å². The maximum Gasteiger partial charge on any atom is 0.362 e. The number of esters is 2. The van der Waals surface area contributed by atoms with Gasteiger partial charge in [-0.2, -0.15) is 0 Å². The number of hydrogen-bond acceptors (Lipinski definition) is 6. The van der Waals surface area contributed by atoms with Gasteiger partial charge in [0.25, 0.3) is 0 Å². The zero-order chi connectivity index (χ0) is 35.0. The second-order valence-corrected chi connectivity index (χ2v) is 13.1. The second kappa shape index (κ2) is 30.6. The Labute approximate surface area is 286 Å². The lowest BCUT2D eigenvalue weighted by Crippen LogP contribution is -2.50. The Balaban J connectivity index is 4.53. The molecule has 0 aliphatic heterocycles. The van der Waals surface area contributed by atoms with Gasteiger partial charge in [0.2, 0.25) is 0 Å². The number of carboxylic acids is 1. The molecule has 0 aliphatic carbocycles. The summed E-state index contributed by atoms with van der Waals surface area (Å²) in [5, 5.41) is 9.56. The SMILES string of the molecule is CC/C=C/C/C=C/C/C=C/CCCCCCC(=O)OC(COCCC(C(=O)O)[N+](C)(C)C)COC(=O)CCC/C=C/CCCCCC. The first-order valence-corrected chi connectivity index (χ1v) is 18.2. The number of likely N-dealkylation sites (N-methyl/N-ethyl adjacent to an activating group) is 1. The van der Waals surface area contributed by atoms with Crippen LogP contribution in [0.3, 0.4) is 0 Å². The van der Waals surface area contributed by atoms with Crippen molar-refractivity contribution in [1.29, 1.82) is 0 Å². The van der Waals surface area contributed by atoms with Crippen LogP contribution in [-0.2, 0) is 28.6 Å². The van der Waals surface area contributed by atoms with Gasteiger partial charge in [-0.25, -0.2) is 4.79 Å². The first-order chi connectivity index (χ1) is 22.6. The number of ether oxygens (including phenoxy) is 3. The summed E-state index contributed by atoms with van der Waals surface area (Å²) in [6, 6.07) is -0.621. The molecule has 0 spiro atoms. The molecule has 8 heteroatoms. The summed E-state index contributed by atoms with van der Waals surface area (Å²) in [5.41, 5.74) is 0. The van der Waals surface area contributed by atoms with E-state index in [2.05, 4.69) is 62.5 Å². The lowest BCUT2D eigenvalue weighted by molar-refractivity contribution is -0.887. The minimum absolute atomic E-state index is 0.0419. The van der Waals surface area contributed by atoms with Crippen LogP contribution in [-0.4, -0.2) is 80.6 Å². The van der Waals surface area contributed by atoms with Crippen molar-refractivity contribution in [2.45, 2.75) is 142 Å². The van der Waals surface area contributed by atoms with Crippen LogP contribution >= 0.6 is 0 Å². The van der Waals surface area contributed by atoms with Crippen molar-refractivity contribution in [1.82, 2.24) is 0 Å². The van der Waals surface area contributed by atoms with Gasteiger partial charge < -0.3 is 23.8 Å². The predicted octanol–water partition coefficient (Wildman–Crippen LogP) is 8.90. The van der Waals surface area contributed by atoms with Crippen molar-refractivity contribution in [3.05, 3.63) is 48.6 Å². The highest BCUT2D eigenvalue weighted by molar-refractivity contribution is 5.72. The van der Waals surface area contributed by atoms with Gasteiger partial charge in [-0.15, -0.1) is 0 Å².